The molecule has 1 atom stereocenters. The largest absolute Gasteiger partial charge is 0.446 e. The van der Waals surface area contributed by atoms with Crippen LogP contribution in [0.1, 0.15) is 0 Å². The predicted molar refractivity (Wildman–Crippen MR) is 22.9 cm³/mol. The molecule has 0 heterocycles. The predicted octanol–water partition coefficient (Wildman–Crippen LogP) is 2.04. The van der Waals surface area contributed by atoms with Crippen molar-refractivity contribution in [3.05, 3.63) is 0 Å². The van der Waals surface area contributed by atoms with E-state index in [0.717, 1.165) is 0 Å². The minimum Gasteiger partial charge on any atom is -0.332 e. The summed E-state index contributed by atoms with van der Waals surface area (Å²) in [6.07, 6.45) is -11.7. The summed E-state index contributed by atoms with van der Waals surface area (Å²) in [6, 6.07) is 0. The summed E-state index contributed by atoms with van der Waals surface area (Å²) < 4.78 is 67.9. The molecule has 0 aliphatic rings. The maximum Gasteiger partial charge on any atom is 0.446 e. The molecule has 1 nitrogen and oxygen atoms in total. The van der Waals surface area contributed by atoms with Crippen molar-refractivity contribution in [3.63, 3.8) is 0 Å². The van der Waals surface area contributed by atoms with Gasteiger partial charge in [-0.1, -0.05) is 11.6 Å². The Bertz CT molecular complexity index is 129. The van der Waals surface area contributed by atoms with Crippen LogP contribution >= 0.6 is 11.6 Å². The van der Waals surface area contributed by atoms with Crippen LogP contribution in [0.25, 0.3) is 0 Å². The SMILES string of the molecule is OC(F)(F)C(F)(Cl)C(F)(F)F. The Labute approximate surface area is 61.6 Å². The van der Waals surface area contributed by atoms with Gasteiger partial charge in [0.15, 0.2) is 0 Å². The molecule has 0 aromatic carbocycles. The van der Waals surface area contributed by atoms with Crippen molar-refractivity contribution >= 4 is 11.6 Å². The third-order valence-corrected chi connectivity index (χ3v) is 1.18. The van der Waals surface area contributed by atoms with Gasteiger partial charge in [0.1, 0.15) is 0 Å². The van der Waals surface area contributed by atoms with E-state index in [-0.39, 0.29) is 0 Å². The first kappa shape index (κ1) is 10.8. The minimum atomic E-state index is -6.02. The number of aliphatic hydroxyl groups is 1. The zero-order valence-electron chi connectivity index (χ0n) is 4.59. The zero-order valence-corrected chi connectivity index (χ0v) is 5.35. The highest BCUT2D eigenvalue weighted by Crippen LogP contribution is 2.46. The molecule has 0 rings (SSSR count). The van der Waals surface area contributed by atoms with Crippen LogP contribution in [0.5, 0.6) is 0 Å². The fourth-order valence-corrected chi connectivity index (χ4v) is 0.171. The van der Waals surface area contributed by atoms with E-state index < -0.39 is 17.4 Å². The normalized spacial score (nSPS) is 19.6. The minimum absolute atomic E-state index is 3.70. The van der Waals surface area contributed by atoms with Crippen molar-refractivity contribution in [2.45, 2.75) is 17.4 Å². The summed E-state index contributed by atoms with van der Waals surface area (Å²) in [6.45, 7) is 0. The Morgan fingerprint density at radius 1 is 0.909 bits per heavy atom. The summed E-state index contributed by atoms with van der Waals surface area (Å²) in [4.78, 5) is 0. The van der Waals surface area contributed by atoms with Crippen molar-refractivity contribution < 1.29 is 31.4 Å². The number of hydrogen-bond acceptors (Lipinski definition) is 1. The van der Waals surface area contributed by atoms with E-state index in [1.165, 1.54) is 0 Å². The highest BCUT2D eigenvalue weighted by molar-refractivity contribution is 6.24. The average molecular weight is 202 g/mol. The maximum atomic E-state index is 11.7. The van der Waals surface area contributed by atoms with Gasteiger partial charge in [0.25, 0.3) is 0 Å². The van der Waals surface area contributed by atoms with Crippen molar-refractivity contribution in [3.8, 4) is 0 Å². The van der Waals surface area contributed by atoms with E-state index in [1.54, 1.807) is 0 Å². The topological polar surface area (TPSA) is 20.2 Å². The van der Waals surface area contributed by atoms with Gasteiger partial charge in [0.05, 0.1) is 0 Å². The lowest BCUT2D eigenvalue weighted by Gasteiger charge is -2.24. The van der Waals surface area contributed by atoms with Crippen molar-refractivity contribution in [2.24, 2.45) is 0 Å². The highest BCUT2D eigenvalue weighted by Gasteiger charge is 2.70. The van der Waals surface area contributed by atoms with Crippen molar-refractivity contribution in [1.82, 2.24) is 0 Å². The first-order valence-corrected chi connectivity index (χ1v) is 2.42. The van der Waals surface area contributed by atoms with E-state index in [9.17, 15) is 26.3 Å². The second-order valence-corrected chi connectivity index (χ2v) is 2.13. The molecular weight excluding hydrogens is 201 g/mol. The molecule has 0 saturated carbocycles. The smallest absolute Gasteiger partial charge is 0.332 e. The Morgan fingerprint density at radius 2 is 1.18 bits per heavy atom. The number of alkyl halides is 7. The van der Waals surface area contributed by atoms with Gasteiger partial charge in [-0.2, -0.15) is 22.0 Å². The van der Waals surface area contributed by atoms with Gasteiger partial charge in [-0.25, -0.2) is 4.39 Å². The molecule has 0 bridgehead atoms. The molecule has 1 N–H and O–H groups in total. The quantitative estimate of drug-likeness (QED) is 0.510. The lowest BCUT2D eigenvalue weighted by Crippen LogP contribution is -2.50. The average Bonchev–Trinajstić information content (AvgIpc) is 1.58. The summed E-state index contributed by atoms with van der Waals surface area (Å²) in [5.74, 6) is 0. The van der Waals surface area contributed by atoms with Gasteiger partial charge in [-0.05, 0) is 0 Å². The third-order valence-electron chi connectivity index (χ3n) is 0.734. The Morgan fingerprint density at radius 3 is 1.18 bits per heavy atom. The van der Waals surface area contributed by atoms with E-state index in [1.807, 2.05) is 0 Å². The molecule has 11 heavy (non-hydrogen) atoms. The molecular formula is C3HClF6O. The number of rotatable bonds is 1. The maximum absolute atomic E-state index is 11.7. The van der Waals surface area contributed by atoms with E-state index >= 15 is 0 Å². The number of hydrogen-bond donors (Lipinski definition) is 1. The van der Waals surface area contributed by atoms with Crippen LogP contribution in [-0.4, -0.2) is 22.5 Å². The molecule has 0 aliphatic heterocycles. The van der Waals surface area contributed by atoms with Crippen LogP contribution in [-0.2, 0) is 0 Å². The molecule has 8 heteroatoms. The van der Waals surface area contributed by atoms with Crippen LogP contribution in [0, 0.1) is 0 Å². The van der Waals surface area contributed by atoms with Crippen LogP contribution in [0.15, 0.2) is 0 Å². The Kier molecular flexibility index (Phi) is 2.37. The van der Waals surface area contributed by atoms with Gasteiger partial charge in [-0.3, -0.25) is 0 Å². The first-order valence-electron chi connectivity index (χ1n) is 2.05. The zero-order chi connectivity index (χ0) is 9.50. The molecule has 0 fully saturated rings. The van der Waals surface area contributed by atoms with Gasteiger partial charge in [0, 0.05) is 0 Å². The second-order valence-electron chi connectivity index (χ2n) is 1.61. The van der Waals surface area contributed by atoms with Crippen LogP contribution in [0.4, 0.5) is 26.3 Å². The molecule has 0 amide bonds. The van der Waals surface area contributed by atoms with Gasteiger partial charge < -0.3 is 5.11 Å². The lowest BCUT2D eigenvalue weighted by molar-refractivity contribution is -0.336. The van der Waals surface area contributed by atoms with Gasteiger partial charge in [-0.15, -0.1) is 0 Å². The summed E-state index contributed by atoms with van der Waals surface area (Å²) in [7, 11) is 0. The molecule has 0 aromatic heterocycles. The third kappa shape index (κ3) is 1.90. The summed E-state index contributed by atoms with van der Waals surface area (Å²) in [5, 5.41) is 1.89. The Hall–Kier alpha value is -0.170. The van der Waals surface area contributed by atoms with Gasteiger partial charge >= 0.3 is 17.4 Å². The second kappa shape index (κ2) is 2.41. The highest BCUT2D eigenvalue weighted by atomic mass is 35.5. The fourth-order valence-electron chi connectivity index (χ4n) is 0.171. The molecule has 1 unspecified atom stereocenters. The van der Waals surface area contributed by atoms with E-state index in [0.29, 0.717) is 0 Å². The molecule has 0 saturated heterocycles. The van der Waals surface area contributed by atoms with Gasteiger partial charge in [0.2, 0.25) is 0 Å². The standard InChI is InChI=1S/C3HClF6O/c4-1(5,2(6,7)8)3(9,10)11/h11H. The molecule has 0 radical (unpaired) electrons. The summed E-state index contributed by atoms with van der Waals surface area (Å²) in [5.41, 5.74) is 0. The van der Waals surface area contributed by atoms with Crippen LogP contribution in [0.3, 0.4) is 0 Å². The van der Waals surface area contributed by atoms with Crippen LogP contribution < -0.4 is 0 Å². The van der Waals surface area contributed by atoms with Crippen molar-refractivity contribution in [2.75, 3.05) is 0 Å². The van der Waals surface area contributed by atoms with E-state index in [2.05, 4.69) is 11.6 Å². The van der Waals surface area contributed by atoms with Crippen molar-refractivity contribution in [1.29, 1.82) is 0 Å². The van der Waals surface area contributed by atoms with E-state index in [4.69, 9.17) is 5.11 Å². The van der Waals surface area contributed by atoms with Crippen LogP contribution in [0.2, 0.25) is 0 Å². The summed E-state index contributed by atoms with van der Waals surface area (Å²) >= 11 is 3.70. The molecule has 0 spiro atoms. The monoisotopic (exact) mass is 202 g/mol. The molecule has 0 aliphatic carbocycles. The lowest BCUT2D eigenvalue weighted by atomic mass is 10.3. The number of halogens is 7. The molecule has 68 valence electrons. The molecule has 0 aromatic rings. The fraction of sp³-hybridized carbons (Fsp3) is 1.00. The Balaban J connectivity index is 4.75. The first-order chi connectivity index (χ1) is 4.50.